The van der Waals surface area contributed by atoms with Crippen molar-refractivity contribution in [3.05, 3.63) is 118 Å². The number of nitrogens with one attached hydrogen (secondary N) is 1. The summed E-state index contributed by atoms with van der Waals surface area (Å²) in [7, 11) is 0. The second-order valence-corrected chi connectivity index (χ2v) is 8.50. The fraction of sp³-hybridized carbons (Fsp3) is 0.133. The maximum Gasteiger partial charge on any atom is 0.261 e. The largest absolute Gasteiger partial charge is 0.488 e. The number of nitriles is 1. The molecule has 4 aromatic carbocycles. The van der Waals surface area contributed by atoms with Crippen LogP contribution in [0, 0.1) is 11.3 Å². The fourth-order valence-corrected chi connectivity index (χ4v) is 4.04. The first-order valence-corrected chi connectivity index (χ1v) is 11.9. The average molecular weight is 481 g/mol. The maximum atomic E-state index is 12.8. The third kappa shape index (κ3) is 6.29. The lowest BCUT2D eigenvalue weighted by Crippen LogP contribution is -2.25. The summed E-state index contributed by atoms with van der Waals surface area (Å²) in [6, 6.07) is 31.3. The summed E-state index contributed by atoms with van der Waals surface area (Å²) in [6.07, 6.45) is 3.25. The average Bonchev–Trinajstić information content (AvgIpc) is 2.90. The second-order valence-electron chi connectivity index (χ2n) is 8.09. The highest BCUT2D eigenvalue weighted by molar-refractivity contribution is 6.31. The van der Waals surface area contributed by atoms with Gasteiger partial charge in [0.2, 0.25) is 0 Å². The quantitative estimate of drug-likeness (QED) is 0.164. The number of halogens is 1. The number of carbonyl (C=O) groups is 1. The van der Waals surface area contributed by atoms with E-state index in [1.165, 1.54) is 5.56 Å². The predicted octanol–water partition coefficient (Wildman–Crippen LogP) is 6.73. The lowest BCUT2D eigenvalue weighted by atomic mass is 10.0. The van der Waals surface area contributed by atoms with Crippen LogP contribution in [0.3, 0.4) is 0 Å². The van der Waals surface area contributed by atoms with Gasteiger partial charge in [0.15, 0.2) is 0 Å². The summed E-state index contributed by atoms with van der Waals surface area (Å²) in [5.41, 5.74) is 2.79. The van der Waals surface area contributed by atoms with Crippen LogP contribution in [0.25, 0.3) is 16.8 Å². The van der Waals surface area contributed by atoms with Gasteiger partial charge in [-0.2, -0.15) is 5.26 Å². The standard InChI is InChI=1S/C30H25ClN2O2/c31-28-15-7-5-13-24(28)21-35-29-17-16-23-12-4-6-14-26(23)27(29)19-25(20-32)30(34)33-18-8-11-22-9-2-1-3-10-22/h1-7,9-10,12-17,19H,8,11,18,21H2,(H,33,34)/b25-19-. The van der Waals surface area contributed by atoms with Crippen LogP contribution in [-0.4, -0.2) is 12.5 Å². The summed E-state index contributed by atoms with van der Waals surface area (Å²) < 4.78 is 6.11. The minimum Gasteiger partial charge on any atom is -0.488 e. The van der Waals surface area contributed by atoms with Crippen LogP contribution in [0.1, 0.15) is 23.1 Å². The van der Waals surface area contributed by atoms with E-state index in [4.69, 9.17) is 16.3 Å². The number of ether oxygens (including phenoxy) is 1. The Bertz CT molecular complexity index is 1390. The van der Waals surface area contributed by atoms with E-state index < -0.39 is 5.91 Å². The summed E-state index contributed by atoms with van der Waals surface area (Å²) in [6.45, 7) is 0.755. The van der Waals surface area contributed by atoms with Gasteiger partial charge in [-0.15, -0.1) is 0 Å². The molecule has 0 atom stereocenters. The number of nitrogens with zero attached hydrogens (tertiary/aromatic N) is 1. The molecule has 0 spiro atoms. The van der Waals surface area contributed by atoms with E-state index in [2.05, 4.69) is 23.5 Å². The molecule has 0 saturated heterocycles. The third-order valence-electron chi connectivity index (χ3n) is 5.70. The molecular weight excluding hydrogens is 456 g/mol. The van der Waals surface area contributed by atoms with Gasteiger partial charge in [0.05, 0.1) is 0 Å². The van der Waals surface area contributed by atoms with Gasteiger partial charge in [0.25, 0.3) is 5.91 Å². The summed E-state index contributed by atoms with van der Waals surface area (Å²) >= 11 is 6.29. The van der Waals surface area contributed by atoms with Crippen molar-refractivity contribution < 1.29 is 9.53 Å². The van der Waals surface area contributed by atoms with E-state index in [0.29, 0.717) is 22.9 Å². The van der Waals surface area contributed by atoms with Crippen LogP contribution in [0.5, 0.6) is 5.75 Å². The molecule has 4 rings (SSSR count). The van der Waals surface area contributed by atoms with Crippen molar-refractivity contribution in [1.82, 2.24) is 5.32 Å². The number of fused-ring (bicyclic) bond motifs is 1. The highest BCUT2D eigenvalue weighted by Gasteiger charge is 2.14. The number of amides is 1. The van der Waals surface area contributed by atoms with Crippen LogP contribution in [0.2, 0.25) is 5.02 Å². The summed E-state index contributed by atoms with van der Waals surface area (Å²) in [5, 5.41) is 15.1. The molecule has 0 aliphatic rings. The van der Waals surface area contributed by atoms with Crippen molar-refractivity contribution in [3.8, 4) is 11.8 Å². The summed E-state index contributed by atoms with van der Waals surface area (Å²) in [4.78, 5) is 12.8. The van der Waals surface area contributed by atoms with Gasteiger partial charge in [0, 0.05) is 22.7 Å². The molecule has 0 radical (unpaired) electrons. The molecule has 35 heavy (non-hydrogen) atoms. The summed E-state index contributed by atoms with van der Waals surface area (Å²) in [5.74, 6) is 0.179. The van der Waals surface area contributed by atoms with Crippen molar-refractivity contribution in [3.63, 3.8) is 0 Å². The maximum absolute atomic E-state index is 12.8. The van der Waals surface area contributed by atoms with Gasteiger partial charge in [-0.3, -0.25) is 4.79 Å². The zero-order chi connectivity index (χ0) is 24.5. The second kappa shape index (κ2) is 11.9. The number of hydrogen-bond acceptors (Lipinski definition) is 3. The molecule has 0 aliphatic heterocycles. The number of benzene rings is 4. The Hall–Kier alpha value is -4.07. The van der Waals surface area contributed by atoms with Crippen molar-refractivity contribution in [1.29, 1.82) is 5.26 Å². The number of aryl methyl sites for hydroxylation is 1. The molecule has 0 aromatic heterocycles. The molecule has 1 amide bonds. The van der Waals surface area contributed by atoms with E-state index in [0.717, 1.165) is 29.2 Å². The van der Waals surface area contributed by atoms with E-state index >= 15 is 0 Å². The topological polar surface area (TPSA) is 62.1 Å². The Morgan fingerprint density at radius 3 is 2.49 bits per heavy atom. The molecule has 0 fully saturated rings. The highest BCUT2D eigenvalue weighted by atomic mass is 35.5. The first kappa shape index (κ1) is 24.1. The molecule has 4 nitrogen and oxygen atoms in total. The van der Waals surface area contributed by atoms with Gasteiger partial charge in [-0.05, 0) is 47.4 Å². The number of hydrogen-bond donors (Lipinski definition) is 1. The van der Waals surface area contributed by atoms with Crippen molar-refractivity contribution in [2.45, 2.75) is 19.4 Å². The van der Waals surface area contributed by atoms with Crippen LogP contribution >= 0.6 is 11.6 Å². The van der Waals surface area contributed by atoms with Gasteiger partial charge in [-0.1, -0.05) is 90.5 Å². The van der Waals surface area contributed by atoms with E-state index in [9.17, 15) is 10.1 Å². The van der Waals surface area contributed by atoms with Gasteiger partial charge >= 0.3 is 0 Å². The minimum absolute atomic E-state index is 0.0312. The lowest BCUT2D eigenvalue weighted by Gasteiger charge is -2.13. The predicted molar refractivity (Wildman–Crippen MR) is 141 cm³/mol. The molecule has 5 heteroatoms. The number of rotatable bonds is 9. The SMILES string of the molecule is N#C/C(=C/c1c(OCc2ccccc2Cl)ccc2ccccc12)C(=O)NCCCc1ccccc1. The van der Waals surface area contributed by atoms with Crippen LogP contribution < -0.4 is 10.1 Å². The first-order chi connectivity index (χ1) is 17.2. The van der Waals surface area contributed by atoms with Gasteiger partial charge in [0.1, 0.15) is 24.0 Å². The molecule has 0 unspecified atom stereocenters. The normalized spacial score (nSPS) is 11.1. The van der Waals surface area contributed by atoms with Crippen molar-refractivity contribution in [2.24, 2.45) is 0 Å². The van der Waals surface area contributed by atoms with Crippen LogP contribution in [-0.2, 0) is 17.8 Å². The highest BCUT2D eigenvalue weighted by Crippen LogP contribution is 2.31. The lowest BCUT2D eigenvalue weighted by molar-refractivity contribution is -0.117. The van der Waals surface area contributed by atoms with Crippen molar-refractivity contribution >= 4 is 34.4 Å². The molecule has 174 valence electrons. The van der Waals surface area contributed by atoms with Crippen LogP contribution in [0.15, 0.2) is 96.6 Å². The fourth-order valence-electron chi connectivity index (χ4n) is 3.85. The molecule has 0 heterocycles. The zero-order valence-electron chi connectivity index (χ0n) is 19.2. The Labute approximate surface area is 210 Å². The van der Waals surface area contributed by atoms with Gasteiger partial charge < -0.3 is 10.1 Å². The molecule has 1 N–H and O–H groups in total. The van der Waals surface area contributed by atoms with Crippen LogP contribution in [0.4, 0.5) is 0 Å². The zero-order valence-corrected chi connectivity index (χ0v) is 20.0. The Morgan fingerprint density at radius 2 is 1.69 bits per heavy atom. The van der Waals surface area contributed by atoms with E-state index in [1.54, 1.807) is 6.08 Å². The smallest absolute Gasteiger partial charge is 0.261 e. The molecule has 0 saturated carbocycles. The monoisotopic (exact) mass is 480 g/mol. The van der Waals surface area contributed by atoms with E-state index in [-0.39, 0.29) is 12.2 Å². The molecular formula is C30H25ClN2O2. The Morgan fingerprint density at radius 1 is 0.943 bits per heavy atom. The van der Waals surface area contributed by atoms with Gasteiger partial charge in [-0.25, -0.2) is 0 Å². The van der Waals surface area contributed by atoms with E-state index in [1.807, 2.05) is 78.9 Å². The number of carbonyl (C=O) groups excluding carboxylic acids is 1. The molecule has 0 bridgehead atoms. The molecule has 4 aromatic rings. The van der Waals surface area contributed by atoms with Crippen molar-refractivity contribution in [2.75, 3.05) is 6.54 Å². The third-order valence-corrected chi connectivity index (χ3v) is 6.06. The first-order valence-electron chi connectivity index (χ1n) is 11.5. The Kier molecular flexibility index (Phi) is 8.17. The molecule has 0 aliphatic carbocycles. The minimum atomic E-state index is -0.398. The Balaban J connectivity index is 1.54.